The number of fused-ring (bicyclic) bond motifs is 1. The van der Waals surface area contributed by atoms with Crippen LogP contribution in [0.4, 0.5) is 0 Å². The van der Waals surface area contributed by atoms with E-state index in [1.165, 1.54) is 5.56 Å². The van der Waals surface area contributed by atoms with Gasteiger partial charge in [0.2, 0.25) is 0 Å². The van der Waals surface area contributed by atoms with Gasteiger partial charge in [0.05, 0.1) is 19.3 Å². The van der Waals surface area contributed by atoms with Crippen molar-refractivity contribution in [1.29, 1.82) is 0 Å². The van der Waals surface area contributed by atoms with Crippen LogP contribution in [0.1, 0.15) is 30.7 Å². The Hall–Kier alpha value is -2.01. The molecule has 0 amide bonds. The minimum atomic E-state index is 0. The molecule has 2 aliphatic rings. The van der Waals surface area contributed by atoms with E-state index in [1.807, 2.05) is 6.07 Å². The standard InChI is InChI=1S/C22H31N5O3.HI/c1-4-23-22(27-8-6-26(7-9-27)15-19-5-10-29-25-19)24-14-18-13-21-17(11-16(2)30-21)12-20(18)28-3;/h5,10,12-13,16H,4,6-9,11,14-15H2,1-3H3,(H,23,24);1H. The second kappa shape index (κ2) is 11.0. The second-order valence-electron chi connectivity index (χ2n) is 7.83. The summed E-state index contributed by atoms with van der Waals surface area (Å²) in [6.07, 6.45) is 2.77. The summed E-state index contributed by atoms with van der Waals surface area (Å²) in [6, 6.07) is 6.10. The fourth-order valence-electron chi connectivity index (χ4n) is 4.05. The smallest absolute Gasteiger partial charge is 0.194 e. The Balaban J connectivity index is 0.00000272. The number of halogens is 1. The maximum Gasteiger partial charge on any atom is 0.194 e. The van der Waals surface area contributed by atoms with E-state index in [0.717, 1.165) is 74.4 Å². The van der Waals surface area contributed by atoms with E-state index in [1.54, 1.807) is 13.4 Å². The van der Waals surface area contributed by atoms with E-state index in [0.29, 0.717) is 6.54 Å². The number of rotatable bonds is 6. The summed E-state index contributed by atoms with van der Waals surface area (Å²) in [6.45, 7) is 10.2. The third kappa shape index (κ3) is 5.82. The Kier molecular flexibility index (Phi) is 8.42. The van der Waals surface area contributed by atoms with Gasteiger partial charge in [-0.05, 0) is 26.0 Å². The van der Waals surface area contributed by atoms with Crippen LogP contribution >= 0.6 is 24.0 Å². The van der Waals surface area contributed by atoms with Gasteiger partial charge in [-0.25, -0.2) is 4.99 Å². The van der Waals surface area contributed by atoms with Gasteiger partial charge in [-0.1, -0.05) is 5.16 Å². The molecule has 1 fully saturated rings. The number of nitrogens with one attached hydrogen (secondary N) is 1. The first-order valence-corrected chi connectivity index (χ1v) is 10.7. The third-order valence-corrected chi connectivity index (χ3v) is 5.58. The Morgan fingerprint density at radius 3 is 2.77 bits per heavy atom. The van der Waals surface area contributed by atoms with E-state index < -0.39 is 0 Å². The summed E-state index contributed by atoms with van der Waals surface area (Å²) >= 11 is 0. The predicted octanol–water partition coefficient (Wildman–Crippen LogP) is 2.91. The molecular weight excluding hydrogens is 509 g/mol. The molecule has 2 aliphatic heterocycles. The summed E-state index contributed by atoms with van der Waals surface area (Å²) < 4.78 is 16.5. The maximum atomic E-state index is 5.92. The van der Waals surface area contributed by atoms with Crippen LogP contribution in [0.15, 0.2) is 34.0 Å². The maximum absolute atomic E-state index is 5.92. The first-order valence-electron chi connectivity index (χ1n) is 10.7. The summed E-state index contributed by atoms with van der Waals surface area (Å²) in [5.41, 5.74) is 3.23. The lowest BCUT2D eigenvalue weighted by Crippen LogP contribution is -2.52. The first-order chi connectivity index (χ1) is 14.7. The number of nitrogens with zero attached hydrogens (tertiary/aromatic N) is 4. The average Bonchev–Trinajstić information content (AvgIpc) is 3.39. The van der Waals surface area contributed by atoms with Crippen molar-refractivity contribution in [1.82, 2.24) is 20.3 Å². The number of aromatic nitrogens is 1. The molecule has 0 aliphatic carbocycles. The molecule has 0 radical (unpaired) electrons. The van der Waals surface area contributed by atoms with Gasteiger partial charge in [-0.15, -0.1) is 24.0 Å². The largest absolute Gasteiger partial charge is 0.496 e. The van der Waals surface area contributed by atoms with E-state index in [4.69, 9.17) is 19.0 Å². The van der Waals surface area contributed by atoms with Gasteiger partial charge in [0.15, 0.2) is 5.96 Å². The third-order valence-electron chi connectivity index (χ3n) is 5.58. The van der Waals surface area contributed by atoms with Crippen LogP contribution in [0, 0.1) is 0 Å². The van der Waals surface area contributed by atoms with Crippen LogP contribution in [0.2, 0.25) is 0 Å². The monoisotopic (exact) mass is 541 g/mol. The number of methoxy groups -OCH3 is 1. The molecule has 1 aromatic heterocycles. The highest BCUT2D eigenvalue weighted by atomic mass is 127. The molecule has 1 unspecified atom stereocenters. The van der Waals surface area contributed by atoms with E-state index in [-0.39, 0.29) is 30.1 Å². The van der Waals surface area contributed by atoms with Crippen LogP contribution in [-0.2, 0) is 19.5 Å². The topological polar surface area (TPSA) is 75.4 Å². The molecule has 1 saturated heterocycles. The van der Waals surface area contributed by atoms with Gasteiger partial charge in [0.1, 0.15) is 23.9 Å². The second-order valence-corrected chi connectivity index (χ2v) is 7.83. The molecule has 2 aromatic rings. The number of hydrogen-bond acceptors (Lipinski definition) is 6. The number of benzene rings is 1. The normalized spacial score (nSPS) is 18.9. The van der Waals surface area contributed by atoms with Crippen molar-refractivity contribution in [2.24, 2.45) is 4.99 Å². The molecule has 4 rings (SSSR count). The van der Waals surface area contributed by atoms with Crippen molar-refractivity contribution in [3.8, 4) is 11.5 Å². The van der Waals surface area contributed by atoms with Crippen LogP contribution < -0.4 is 14.8 Å². The fraction of sp³-hybridized carbons (Fsp3) is 0.545. The lowest BCUT2D eigenvalue weighted by atomic mass is 10.1. The van der Waals surface area contributed by atoms with Crippen molar-refractivity contribution >= 4 is 29.9 Å². The predicted molar refractivity (Wildman–Crippen MR) is 130 cm³/mol. The van der Waals surface area contributed by atoms with Crippen molar-refractivity contribution in [3.63, 3.8) is 0 Å². The molecule has 1 atom stereocenters. The van der Waals surface area contributed by atoms with E-state index in [2.05, 4.69) is 46.3 Å². The highest BCUT2D eigenvalue weighted by Gasteiger charge is 2.23. The van der Waals surface area contributed by atoms with Crippen molar-refractivity contribution in [3.05, 3.63) is 41.3 Å². The number of hydrogen-bond donors (Lipinski definition) is 1. The van der Waals surface area contributed by atoms with Gasteiger partial charge >= 0.3 is 0 Å². The average molecular weight is 541 g/mol. The Morgan fingerprint density at radius 2 is 2.10 bits per heavy atom. The first kappa shape index (κ1) is 23.6. The number of ether oxygens (including phenoxy) is 2. The zero-order chi connectivity index (χ0) is 20.9. The number of piperazine rings is 1. The van der Waals surface area contributed by atoms with Crippen LogP contribution in [0.3, 0.4) is 0 Å². The van der Waals surface area contributed by atoms with Crippen LogP contribution in [0.5, 0.6) is 11.5 Å². The lowest BCUT2D eigenvalue weighted by Gasteiger charge is -2.36. The van der Waals surface area contributed by atoms with Crippen molar-refractivity contribution in [2.75, 3.05) is 39.8 Å². The molecule has 1 N–H and O–H groups in total. The molecule has 8 nitrogen and oxygen atoms in total. The molecule has 0 saturated carbocycles. The lowest BCUT2D eigenvalue weighted by molar-refractivity contribution is 0.169. The van der Waals surface area contributed by atoms with Gasteiger partial charge in [-0.3, -0.25) is 4.90 Å². The molecule has 9 heteroatoms. The fourth-order valence-corrected chi connectivity index (χ4v) is 4.05. The summed E-state index contributed by atoms with van der Waals surface area (Å²) in [4.78, 5) is 9.62. The van der Waals surface area contributed by atoms with Crippen LogP contribution in [0.25, 0.3) is 0 Å². The molecule has 0 bridgehead atoms. The highest BCUT2D eigenvalue weighted by Crippen LogP contribution is 2.35. The van der Waals surface area contributed by atoms with Gasteiger partial charge in [0.25, 0.3) is 0 Å². The minimum Gasteiger partial charge on any atom is -0.496 e. The van der Waals surface area contributed by atoms with Gasteiger partial charge < -0.3 is 24.2 Å². The highest BCUT2D eigenvalue weighted by molar-refractivity contribution is 14.0. The summed E-state index contributed by atoms with van der Waals surface area (Å²) in [5, 5.41) is 7.45. The number of aliphatic imine (C=N–C) groups is 1. The van der Waals surface area contributed by atoms with Crippen molar-refractivity contribution < 1.29 is 14.0 Å². The van der Waals surface area contributed by atoms with Crippen molar-refractivity contribution in [2.45, 2.75) is 39.5 Å². The molecule has 170 valence electrons. The Bertz CT molecular complexity index is 866. The molecular formula is C22H32IN5O3. The summed E-state index contributed by atoms with van der Waals surface area (Å²) in [7, 11) is 1.72. The molecule has 3 heterocycles. The quantitative estimate of drug-likeness (QED) is 0.343. The Morgan fingerprint density at radius 1 is 1.29 bits per heavy atom. The van der Waals surface area contributed by atoms with Crippen LogP contribution in [-0.4, -0.2) is 66.9 Å². The number of guanidine groups is 1. The minimum absolute atomic E-state index is 0. The summed E-state index contributed by atoms with van der Waals surface area (Å²) in [5.74, 6) is 2.78. The zero-order valence-corrected chi connectivity index (χ0v) is 20.8. The molecule has 0 spiro atoms. The van der Waals surface area contributed by atoms with Gasteiger partial charge in [0, 0.05) is 62.9 Å². The molecule has 31 heavy (non-hydrogen) atoms. The van der Waals surface area contributed by atoms with E-state index >= 15 is 0 Å². The van der Waals surface area contributed by atoms with Gasteiger partial charge in [-0.2, -0.15) is 0 Å². The molecule has 1 aromatic carbocycles. The SMILES string of the molecule is CCNC(=NCc1cc2c(cc1OC)CC(C)O2)N1CCN(Cc2ccon2)CC1.I. The zero-order valence-electron chi connectivity index (χ0n) is 18.5. The van der Waals surface area contributed by atoms with E-state index in [9.17, 15) is 0 Å². The Labute approximate surface area is 201 Å².